The summed E-state index contributed by atoms with van der Waals surface area (Å²) in [4.78, 5) is 27.7. The lowest BCUT2D eigenvalue weighted by molar-refractivity contribution is -0.132. The number of anilines is 1. The van der Waals surface area contributed by atoms with Gasteiger partial charge >= 0.3 is 5.91 Å². The summed E-state index contributed by atoms with van der Waals surface area (Å²) in [6, 6.07) is 6.73. The first kappa shape index (κ1) is 23.1. The van der Waals surface area contributed by atoms with Gasteiger partial charge in [-0.15, -0.1) is 10.2 Å². The molecular weight excluding hydrogens is 542 g/mol. The molecule has 0 bridgehead atoms. The molecule has 0 radical (unpaired) electrons. The van der Waals surface area contributed by atoms with Crippen LogP contribution in [0.3, 0.4) is 0 Å². The number of carbonyl (C=O) groups excluding carboxylic acids is 2. The third kappa shape index (κ3) is 3.88. The lowest BCUT2D eigenvalue weighted by Gasteiger charge is -2.24. The quantitative estimate of drug-likeness (QED) is 0.279. The third-order valence-electron chi connectivity index (χ3n) is 5.57. The van der Waals surface area contributed by atoms with Crippen molar-refractivity contribution in [3.63, 3.8) is 0 Å². The molecule has 1 fully saturated rings. The molecule has 1 unspecified atom stereocenters. The van der Waals surface area contributed by atoms with Gasteiger partial charge < -0.3 is 24.4 Å². The summed E-state index contributed by atoms with van der Waals surface area (Å²) in [7, 11) is 1.38. The average molecular weight is 560 g/mol. The fraction of sp³-hybridized carbons (Fsp3) is 0.217. The number of aliphatic hydroxyl groups is 1. The van der Waals surface area contributed by atoms with Crippen molar-refractivity contribution in [3.05, 3.63) is 56.5 Å². The highest BCUT2D eigenvalue weighted by atomic mass is 79.9. The van der Waals surface area contributed by atoms with Crippen LogP contribution in [0.5, 0.6) is 23.0 Å². The summed E-state index contributed by atoms with van der Waals surface area (Å²) in [5.41, 5.74) is 0.521. The van der Waals surface area contributed by atoms with Crippen LogP contribution in [0.25, 0.3) is 5.76 Å². The number of carbonyl (C=O) groups is 2. The number of hydrogen-bond donors (Lipinski definition) is 2. The SMILES string of the molecule is COc1cc(C2C(=C(O)c3ccc4c(c3)OCCO4)C(=O)C(=O)N2c2nnc(C)s2)cc(Br)c1O. The van der Waals surface area contributed by atoms with E-state index in [1.165, 1.54) is 18.1 Å². The van der Waals surface area contributed by atoms with E-state index in [4.69, 9.17) is 14.2 Å². The average Bonchev–Trinajstić information content (AvgIpc) is 3.40. The van der Waals surface area contributed by atoms with Crippen LogP contribution in [0.2, 0.25) is 0 Å². The van der Waals surface area contributed by atoms with Gasteiger partial charge in [-0.1, -0.05) is 11.3 Å². The third-order valence-corrected chi connectivity index (χ3v) is 7.01. The first-order valence-electron chi connectivity index (χ1n) is 10.4. The predicted molar refractivity (Wildman–Crippen MR) is 129 cm³/mol. The van der Waals surface area contributed by atoms with Crippen molar-refractivity contribution in [2.45, 2.75) is 13.0 Å². The molecule has 3 heterocycles. The second-order valence-corrected chi connectivity index (χ2v) is 9.70. The van der Waals surface area contributed by atoms with E-state index in [2.05, 4.69) is 26.1 Å². The zero-order valence-electron chi connectivity index (χ0n) is 18.4. The Hall–Kier alpha value is -3.64. The number of halogens is 1. The Morgan fingerprint density at radius 2 is 1.91 bits per heavy atom. The number of ether oxygens (including phenoxy) is 3. The molecule has 0 aliphatic carbocycles. The van der Waals surface area contributed by atoms with E-state index in [0.717, 1.165) is 11.3 Å². The van der Waals surface area contributed by atoms with Crippen molar-refractivity contribution in [2.24, 2.45) is 0 Å². The van der Waals surface area contributed by atoms with Gasteiger partial charge in [0.2, 0.25) is 5.13 Å². The fourth-order valence-electron chi connectivity index (χ4n) is 3.98. The maximum atomic E-state index is 13.3. The zero-order chi connectivity index (χ0) is 24.9. The van der Waals surface area contributed by atoms with Gasteiger partial charge in [0, 0.05) is 5.56 Å². The van der Waals surface area contributed by atoms with Crippen LogP contribution in [-0.2, 0) is 9.59 Å². The second-order valence-electron chi connectivity index (χ2n) is 7.68. The molecule has 1 amide bonds. The van der Waals surface area contributed by atoms with E-state index in [9.17, 15) is 19.8 Å². The van der Waals surface area contributed by atoms with E-state index in [0.29, 0.717) is 35.3 Å². The summed E-state index contributed by atoms with van der Waals surface area (Å²) < 4.78 is 16.7. The van der Waals surface area contributed by atoms with Crippen molar-refractivity contribution in [2.75, 3.05) is 25.2 Å². The number of phenolic OH excluding ortho intramolecular Hbond substituents is 1. The van der Waals surface area contributed by atoms with E-state index in [1.54, 1.807) is 31.2 Å². The topological polar surface area (TPSA) is 131 Å². The van der Waals surface area contributed by atoms with Crippen molar-refractivity contribution in [1.82, 2.24) is 10.2 Å². The molecule has 1 atom stereocenters. The molecular formula is C23H18BrN3O7S. The Morgan fingerprint density at radius 3 is 2.60 bits per heavy atom. The van der Waals surface area contributed by atoms with Gasteiger partial charge in [-0.05, 0) is 58.7 Å². The number of methoxy groups -OCH3 is 1. The van der Waals surface area contributed by atoms with Gasteiger partial charge in [0.1, 0.15) is 24.0 Å². The van der Waals surface area contributed by atoms with E-state index >= 15 is 0 Å². The van der Waals surface area contributed by atoms with Gasteiger partial charge in [0.15, 0.2) is 23.0 Å². The number of Topliss-reactive ketones (excluding diaryl/α,β-unsaturated/α-hetero) is 1. The van der Waals surface area contributed by atoms with Gasteiger partial charge in [0.25, 0.3) is 5.78 Å². The minimum Gasteiger partial charge on any atom is -0.507 e. The Labute approximate surface area is 211 Å². The number of aryl methyl sites for hydroxylation is 1. The standard InChI is InChI=1S/C23H18BrN3O7S/c1-10-25-26-23(35-10)27-18(12-7-13(24)20(29)16(9-12)32-2)17(21(30)22(27)31)19(28)11-3-4-14-15(8-11)34-6-5-33-14/h3-4,7-9,18,28-29H,5-6H2,1-2H3. The highest BCUT2D eigenvalue weighted by molar-refractivity contribution is 9.10. The Bertz CT molecular complexity index is 1400. The summed E-state index contributed by atoms with van der Waals surface area (Å²) in [6.45, 7) is 2.48. The van der Waals surface area contributed by atoms with E-state index in [-0.39, 0.29) is 32.2 Å². The van der Waals surface area contributed by atoms with Crippen LogP contribution < -0.4 is 19.1 Å². The van der Waals surface area contributed by atoms with Gasteiger partial charge in [0.05, 0.1) is 23.2 Å². The van der Waals surface area contributed by atoms with E-state index in [1.807, 2.05) is 0 Å². The number of rotatable bonds is 4. The molecule has 0 spiro atoms. The minimum atomic E-state index is -1.07. The molecule has 1 aromatic heterocycles. The first-order valence-corrected chi connectivity index (χ1v) is 12.0. The molecule has 2 aromatic carbocycles. The number of aromatic hydroxyl groups is 1. The summed E-state index contributed by atoms with van der Waals surface area (Å²) in [5, 5.41) is 30.4. The summed E-state index contributed by atoms with van der Waals surface area (Å²) >= 11 is 4.42. The normalized spacial score (nSPS) is 18.7. The molecule has 5 rings (SSSR count). The molecule has 2 aliphatic heterocycles. The molecule has 12 heteroatoms. The number of fused-ring (bicyclic) bond motifs is 1. The number of amides is 1. The zero-order valence-corrected chi connectivity index (χ0v) is 20.8. The number of aromatic nitrogens is 2. The highest BCUT2D eigenvalue weighted by Crippen LogP contribution is 2.47. The van der Waals surface area contributed by atoms with E-state index < -0.39 is 23.5 Å². The number of aliphatic hydroxyl groups excluding tert-OH is 1. The van der Waals surface area contributed by atoms with Crippen molar-refractivity contribution in [3.8, 4) is 23.0 Å². The highest BCUT2D eigenvalue weighted by Gasteiger charge is 2.48. The number of phenols is 1. The maximum Gasteiger partial charge on any atom is 0.301 e. The molecule has 180 valence electrons. The summed E-state index contributed by atoms with van der Waals surface area (Å²) in [5.74, 6) is -1.25. The number of hydrogen-bond acceptors (Lipinski definition) is 10. The molecule has 2 N–H and O–H groups in total. The van der Waals surface area contributed by atoms with Crippen LogP contribution in [-0.4, -0.2) is 52.4 Å². The first-order chi connectivity index (χ1) is 16.8. The Balaban J connectivity index is 1.73. The molecule has 1 saturated heterocycles. The predicted octanol–water partition coefficient (Wildman–Crippen LogP) is 3.72. The Kier molecular flexibility index (Phi) is 5.85. The van der Waals surface area contributed by atoms with Crippen LogP contribution in [0.4, 0.5) is 5.13 Å². The number of nitrogens with zero attached hydrogens (tertiary/aromatic N) is 3. The van der Waals surface area contributed by atoms with Gasteiger partial charge in [-0.2, -0.15) is 0 Å². The van der Waals surface area contributed by atoms with Crippen molar-refractivity contribution < 1.29 is 34.0 Å². The number of ketones is 1. The minimum absolute atomic E-state index is 0.118. The smallest absolute Gasteiger partial charge is 0.301 e. The van der Waals surface area contributed by atoms with Crippen molar-refractivity contribution in [1.29, 1.82) is 0 Å². The molecule has 3 aromatic rings. The maximum absolute atomic E-state index is 13.3. The van der Waals surface area contributed by atoms with Crippen LogP contribution in [0.1, 0.15) is 22.2 Å². The largest absolute Gasteiger partial charge is 0.507 e. The second kappa shape index (κ2) is 8.86. The molecule has 0 saturated carbocycles. The fourth-order valence-corrected chi connectivity index (χ4v) is 5.16. The van der Waals surface area contributed by atoms with Crippen LogP contribution >= 0.6 is 27.3 Å². The monoisotopic (exact) mass is 559 g/mol. The van der Waals surface area contributed by atoms with Crippen molar-refractivity contribution >= 4 is 49.8 Å². The lowest BCUT2D eigenvalue weighted by atomic mass is 9.95. The lowest BCUT2D eigenvalue weighted by Crippen LogP contribution is -2.29. The van der Waals surface area contributed by atoms with Gasteiger partial charge in [-0.25, -0.2) is 0 Å². The Morgan fingerprint density at radius 1 is 1.17 bits per heavy atom. The van der Waals surface area contributed by atoms with Crippen LogP contribution in [0.15, 0.2) is 40.4 Å². The summed E-state index contributed by atoms with van der Waals surface area (Å²) in [6.07, 6.45) is 0. The molecule has 10 nitrogen and oxygen atoms in total. The molecule has 2 aliphatic rings. The molecule has 35 heavy (non-hydrogen) atoms. The van der Waals surface area contributed by atoms with Gasteiger partial charge in [-0.3, -0.25) is 14.5 Å². The van der Waals surface area contributed by atoms with Crippen LogP contribution in [0, 0.1) is 6.92 Å². The number of benzene rings is 2.